The number of amides is 1. The molecule has 3 heterocycles. The van der Waals surface area contributed by atoms with Crippen LogP contribution in [0.15, 0.2) is 45.6 Å². The topological polar surface area (TPSA) is 59.8 Å². The van der Waals surface area contributed by atoms with Crippen molar-refractivity contribution in [2.24, 2.45) is 0 Å². The first-order valence-corrected chi connectivity index (χ1v) is 11.8. The van der Waals surface area contributed by atoms with Gasteiger partial charge in [0, 0.05) is 13.2 Å². The van der Waals surface area contributed by atoms with Crippen LogP contribution in [0.1, 0.15) is 78.0 Å². The minimum Gasteiger partial charge on any atom is -0.450 e. The lowest BCUT2D eigenvalue weighted by molar-refractivity contribution is 0.0486. The van der Waals surface area contributed by atoms with E-state index in [-0.39, 0.29) is 28.6 Å². The van der Waals surface area contributed by atoms with E-state index in [0.29, 0.717) is 29.7 Å². The van der Waals surface area contributed by atoms with E-state index in [2.05, 4.69) is 32.9 Å². The van der Waals surface area contributed by atoms with Gasteiger partial charge in [0.15, 0.2) is 5.43 Å². The molecule has 5 rings (SSSR count). The molecule has 5 heteroatoms. The molecule has 1 fully saturated rings. The maximum Gasteiger partial charge on any atom is 0.291 e. The molecule has 5 nitrogen and oxygen atoms in total. The number of fused-ring (bicyclic) bond motifs is 2. The summed E-state index contributed by atoms with van der Waals surface area (Å²) in [6.45, 7) is 11.6. The Balaban J connectivity index is 1.69. The molecule has 0 bridgehead atoms. The third-order valence-electron chi connectivity index (χ3n) is 7.10. The number of hydrogen-bond donors (Lipinski definition) is 0. The van der Waals surface area contributed by atoms with Gasteiger partial charge in [-0.1, -0.05) is 45.0 Å². The fraction of sp³-hybridized carbons (Fsp3) is 0.429. The largest absolute Gasteiger partial charge is 0.450 e. The van der Waals surface area contributed by atoms with E-state index in [9.17, 15) is 9.59 Å². The Morgan fingerprint density at radius 1 is 1.03 bits per heavy atom. The predicted molar refractivity (Wildman–Crippen MR) is 129 cm³/mol. The first-order valence-electron chi connectivity index (χ1n) is 11.8. The molecule has 3 aromatic rings. The van der Waals surface area contributed by atoms with Crippen molar-refractivity contribution in [3.63, 3.8) is 0 Å². The van der Waals surface area contributed by atoms with Crippen LogP contribution in [-0.2, 0) is 10.2 Å². The first-order chi connectivity index (χ1) is 15.6. The highest BCUT2D eigenvalue weighted by atomic mass is 16.5. The lowest BCUT2D eigenvalue weighted by atomic mass is 9.86. The van der Waals surface area contributed by atoms with Crippen LogP contribution >= 0.6 is 0 Å². The monoisotopic (exact) mass is 445 g/mol. The van der Waals surface area contributed by atoms with Gasteiger partial charge in [0.1, 0.15) is 5.58 Å². The predicted octanol–water partition coefficient (Wildman–Crippen LogP) is 5.43. The normalized spacial score (nSPS) is 20.6. The third kappa shape index (κ3) is 3.68. The highest BCUT2D eigenvalue weighted by Crippen LogP contribution is 2.39. The number of ether oxygens (including phenoxy) is 1. The Morgan fingerprint density at radius 2 is 1.73 bits per heavy atom. The Bertz CT molecular complexity index is 1290. The van der Waals surface area contributed by atoms with E-state index in [1.54, 1.807) is 4.90 Å². The first kappa shape index (κ1) is 21.9. The highest BCUT2D eigenvalue weighted by Gasteiger charge is 2.44. The summed E-state index contributed by atoms with van der Waals surface area (Å²) in [5.74, 6) is -0.0683. The van der Waals surface area contributed by atoms with Crippen molar-refractivity contribution >= 4 is 16.9 Å². The summed E-state index contributed by atoms with van der Waals surface area (Å²) in [4.78, 5) is 29.1. The van der Waals surface area contributed by atoms with Crippen LogP contribution < -0.4 is 5.43 Å². The van der Waals surface area contributed by atoms with Crippen molar-refractivity contribution in [1.82, 2.24) is 4.90 Å². The van der Waals surface area contributed by atoms with Crippen molar-refractivity contribution in [3.8, 4) is 0 Å². The van der Waals surface area contributed by atoms with Crippen molar-refractivity contribution in [3.05, 3.63) is 80.2 Å². The standard InChI is InChI=1S/C28H31NO4/c1-16-13-21-22(14-17(16)2)33-26-23(25(21)30)24(18-8-10-19(11-9-18)28(3,4)5)29(27(26)31)15-20-7-6-12-32-20/h8-11,13-14,20,24H,6-7,12,15H2,1-5H3. The molecule has 2 aliphatic heterocycles. The van der Waals surface area contributed by atoms with Gasteiger partial charge in [-0.05, 0) is 66.5 Å². The number of carbonyl (C=O) groups is 1. The summed E-state index contributed by atoms with van der Waals surface area (Å²) in [6.07, 6.45) is 1.88. The number of benzene rings is 2. The van der Waals surface area contributed by atoms with E-state index in [0.717, 1.165) is 29.5 Å². The molecule has 0 saturated carbocycles. The quantitative estimate of drug-likeness (QED) is 0.539. The van der Waals surface area contributed by atoms with E-state index in [1.165, 1.54) is 5.56 Å². The average molecular weight is 446 g/mol. The molecule has 0 spiro atoms. The van der Waals surface area contributed by atoms with Crippen molar-refractivity contribution in [2.45, 2.75) is 65.0 Å². The van der Waals surface area contributed by atoms with Crippen molar-refractivity contribution < 1.29 is 13.9 Å². The number of hydrogen-bond acceptors (Lipinski definition) is 4. The zero-order valence-electron chi connectivity index (χ0n) is 20.0. The van der Waals surface area contributed by atoms with Crippen LogP contribution in [0.5, 0.6) is 0 Å². The van der Waals surface area contributed by atoms with Crippen LogP contribution in [0.3, 0.4) is 0 Å². The van der Waals surface area contributed by atoms with Gasteiger partial charge in [0.25, 0.3) is 5.91 Å². The Hall–Kier alpha value is -2.92. The highest BCUT2D eigenvalue weighted by molar-refractivity contribution is 5.99. The number of aryl methyl sites for hydroxylation is 2. The van der Waals surface area contributed by atoms with E-state index >= 15 is 0 Å². The van der Waals surface area contributed by atoms with Gasteiger partial charge in [0.2, 0.25) is 5.76 Å². The zero-order valence-corrected chi connectivity index (χ0v) is 20.0. The lowest BCUT2D eigenvalue weighted by Crippen LogP contribution is -2.36. The minimum absolute atomic E-state index is 0.0178. The molecule has 33 heavy (non-hydrogen) atoms. The number of carbonyl (C=O) groups excluding carboxylic acids is 1. The fourth-order valence-electron chi connectivity index (χ4n) is 4.98. The molecular weight excluding hydrogens is 414 g/mol. The van der Waals surface area contributed by atoms with Crippen LogP contribution in [0.25, 0.3) is 11.0 Å². The molecule has 172 valence electrons. The molecule has 2 aromatic carbocycles. The molecule has 1 saturated heterocycles. The van der Waals surface area contributed by atoms with Crippen LogP contribution in [-0.4, -0.2) is 30.1 Å². The molecule has 0 aliphatic carbocycles. The second-order valence-electron chi connectivity index (χ2n) is 10.5. The van der Waals surface area contributed by atoms with Crippen LogP contribution in [0, 0.1) is 13.8 Å². The summed E-state index contributed by atoms with van der Waals surface area (Å²) in [5, 5.41) is 0.528. The van der Waals surface area contributed by atoms with E-state index in [1.807, 2.05) is 38.1 Å². The Labute approximate surface area is 194 Å². The number of nitrogens with zero attached hydrogens (tertiary/aromatic N) is 1. The maximum atomic E-state index is 13.8. The molecular formula is C28H31NO4. The summed E-state index contributed by atoms with van der Waals surface area (Å²) in [5.41, 5.74) is 4.99. The molecule has 1 aromatic heterocycles. The molecule has 2 atom stereocenters. The number of rotatable bonds is 3. The van der Waals surface area contributed by atoms with E-state index < -0.39 is 6.04 Å². The van der Waals surface area contributed by atoms with Gasteiger partial charge in [-0.2, -0.15) is 0 Å². The van der Waals surface area contributed by atoms with Gasteiger partial charge < -0.3 is 14.1 Å². The van der Waals surface area contributed by atoms with Crippen molar-refractivity contribution in [1.29, 1.82) is 0 Å². The van der Waals surface area contributed by atoms with Gasteiger partial charge >= 0.3 is 0 Å². The SMILES string of the molecule is Cc1cc2oc3c(c(=O)c2cc1C)C(c1ccc(C(C)(C)C)cc1)N(CC1CCCO1)C3=O. The van der Waals surface area contributed by atoms with Gasteiger partial charge in [-0.25, -0.2) is 0 Å². The average Bonchev–Trinajstić information content (AvgIpc) is 3.37. The van der Waals surface area contributed by atoms with Gasteiger partial charge in [-0.15, -0.1) is 0 Å². The Kier molecular flexibility index (Phi) is 5.20. The summed E-state index contributed by atoms with van der Waals surface area (Å²) < 4.78 is 12.0. The second-order valence-corrected chi connectivity index (χ2v) is 10.5. The molecule has 0 radical (unpaired) electrons. The zero-order chi connectivity index (χ0) is 23.5. The Morgan fingerprint density at radius 3 is 2.36 bits per heavy atom. The minimum atomic E-state index is -0.479. The van der Waals surface area contributed by atoms with Crippen molar-refractivity contribution in [2.75, 3.05) is 13.2 Å². The third-order valence-corrected chi connectivity index (χ3v) is 7.10. The molecule has 1 amide bonds. The fourth-order valence-corrected chi connectivity index (χ4v) is 4.98. The van der Waals surface area contributed by atoms with Crippen LogP contribution in [0.2, 0.25) is 0 Å². The maximum absolute atomic E-state index is 13.8. The molecule has 2 unspecified atom stereocenters. The van der Waals surface area contributed by atoms with Gasteiger partial charge in [0.05, 0.1) is 23.1 Å². The van der Waals surface area contributed by atoms with Gasteiger partial charge in [-0.3, -0.25) is 9.59 Å². The smallest absolute Gasteiger partial charge is 0.291 e. The van der Waals surface area contributed by atoms with Crippen LogP contribution in [0.4, 0.5) is 0 Å². The second kappa shape index (κ2) is 7.84. The van der Waals surface area contributed by atoms with E-state index in [4.69, 9.17) is 9.15 Å². The molecule has 0 N–H and O–H groups in total. The lowest BCUT2D eigenvalue weighted by Gasteiger charge is -2.28. The summed E-state index contributed by atoms with van der Waals surface area (Å²) in [6, 6.07) is 11.5. The summed E-state index contributed by atoms with van der Waals surface area (Å²) >= 11 is 0. The molecule has 2 aliphatic rings. The summed E-state index contributed by atoms with van der Waals surface area (Å²) in [7, 11) is 0.